The Morgan fingerprint density at radius 3 is 2.65 bits per heavy atom. The van der Waals surface area contributed by atoms with Crippen molar-refractivity contribution in [2.75, 3.05) is 11.9 Å². The molecule has 1 unspecified atom stereocenters. The van der Waals surface area contributed by atoms with Crippen molar-refractivity contribution in [1.82, 2.24) is 0 Å². The highest BCUT2D eigenvalue weighted by molar-refractivity contribution is 9.11. The quantitative estimate of drug-likeness (QED) is 0.708. The Morgan fingerprint density at radius 1 is 1.10 bits per heavy atom. The van der Waals surface area contributed by atoms with Crippen LogP contribution in [0, 0.1) is 0 Å². The molecule has 0 aromatic heterocycles. The number of hydrogen-bond donors (Lipinski definition) is 1. The van der Waals surface area contributed by atoms with Crippen LogP contribution in [0.4, 0.5) is 5.69 Å². The molecule has 0 fully saturated rings. The lowest BCUT2D eigenvalue weighted by atomic mass is 10.1. The Bertz CT molecular complexity index is 644. The number of halogens is 2. The van der Waals surface area contributed by atoms with Crippen LogP contribution < -0.4 is 5.32 Å². The first-order chi connectivity index (χ1) is 9.72. The van der Waals surface area contributed by atoms with Gasteiger partial charge in [0.25, 0.3) is 0 Å². The first kappa shape index (κ1) is 14.2. The topological polar surface area (TPSA) is 24.4 Å². The molecular weight excluding hydrogens is 400 g/mol. The number of amidine groups is 1. The number of nitrogens with zero attached hydrogens (tertiary/aromatic N) is 1. The molecule has 0 radical (unpaired) electrons. The smallest absolute Gasteiger partial charge is 0.161 e. The van der Waals surface area contributed by atoms with Gasteiger partial charge in [-0.3, -0.25) is 4.99 Å². The van der Waals surface area contributed by atoms with Gasteiger partial charge in [-0.2, -0.15) is 0 Å². The first-order valence-electron chi connectivity index (χ1n) is 6.20. The van der Waals surface area contributed by atoms with Crippen LogP contribution in [0.1, 0.15) is 10.8 Å². The molecule has 2 nitrogen and oxygen atoms in total. The fourth-order valence-electron chi connectivity index (χ4n) is 1.99. The van der Waals surface area contributed by atoms with Crippen molar-refractivity contribution >= 4 is 54.5 Å². The van der Waals surface area contributed by atoms with Crippen molar-refractivity contribution in [3.63, 3.8) is 0 Å². The van der Waals surface area contributed by atoms with E-state index in [0.717, 1.165) is 26.3 Å². The molecule has 20 heavy (non-hydrogen) atoms. The minimum Gasteiger partial charge on any atom is -0.334 e. The van der Waals surface area contributed by atoms with Crippen molar-refractivity contribution in [1.29, 1.82) is 0 Å². The molecule has 3 rings (SSSR count). The predicted octanol–water partition coefficient (Wildman–Crippen LogP) is 5.47. The lowest BCUT2D eigenvalue weighted by molar-refractivity contribution is 0.966. The molecule has 1 N–H and O–H groups in total. The number of rotatable bonds is 2. The maximum Gasteiger partial charge on any atom is 0.161 e. The Kier molecular flexibility index (Phi) is 4.48. The van der Waals surface area contributed by atoms with Crippen LogP contribution >= 0.6 is 43.6 Å². The van der Waals surface area contributed by atoms with E-state index in [1.165, 1.54) is 5.56 Å². The number of nitrogens with one attached hydrogen (secondary N) is 1. The maximum atomic E-state index is 4.59. The summed E-state index contributed by atoms with van der Waals surface area (Å²) in [7, 11) is 0. The van der Waals surface area contributed by atoms with Gasteiger partial charge in [-0.05, 0) is 39.7 Å². The maximum absolute atomic E-state index is 4.59. The molecule has 102 valence electrons. The first-order valence-corrected chi connectivity index (χ1v) is 8.67. The molecule has 1 aliphatic rings. The monoisotopic (exact) mass is 410 g/mol. The number of thioether (sulfide) groups is 1. The van der Waals surface area contributed by atoms with E-state index in [9.17, 15) is 0 Å². The molecule has 0 bridgehead atoms. The summed E-state index contributed by atoms with van der Waals surface area (Å²) >= 11 is 8.79. The lowest BCUT2D eigenvalue weighted by Gasteiger charge is -2.10. The summed E-state index contributed by atoms with van der Waals surface area (Å²) in [5, 5.41) is 4.77. The van der Waals surface area contributed by atoms with E-state index in [2.05, 4.69) is 66.4 Å². The highest BCUT2D eigenvalue weighted by Gasteiger charge is 2.21. The molecule has 5 heteroatoms. The van der Waals surface area contributed by atoms with Crippen LogP contribution in [0.25, 0.3) is 0 Å². The average Bonchev–Trinajstić information content (AvgIpc) is 2.92. The van der Waals surface area contributed by atoms with Gasteiger partial charge in [0.1, 0.15) is 0 Å². The molecule has 2 aromatic carbocycles. The zero-order chi connectivity index (χ0) is 13.9. The van der Waals surface area contributed by atoms with Crippen molar-refractivity contribution in [3.05, 3.63) is 63.0 Å². The summed E-state index contributed by atoms with van der Waals surface area (Å²) in [5.41, 5.74) is 2.36. The SMILES string of the molecule is Brc1ccc(NC2=NCC(c3ccccc3)S2)c(Br)c1. The zero-order valence-corrected chi connectivity index (χ0v) is 14.5. The molecule has 1 aliphatic heterocycles. The summed E-state index contributed by atoms with van der Waals surface area (Å²) in [6.45, 7) is 0.825. The second kappa shape index (κ2) is 6.33. The van der Waals surface area contributed by atoms with Gasteiger partial charge in [-0.1, -0.05) is 58.0 Å². The van der Waals surface area contributed by atoms with Gasteiger partial charge in [0, 0.05) is 8.95 Å². The second-order valence-electron chi connectivity index (χ2n) is 4.41. The third-order valence-corrected chi connectivity index (χ3v) is 5.31. The Balaban J connectivity index is 1.69. The van der Waals surface area contributed by atoms with Gasteiger partial charge in [0.2, 0.25) is 0 Å². The molecule has 1 heterocycles. The summed E-state index contributed by atoms with van der Waals surface area (Å²) < 4.78 is 2.08. The Hall–Kier alpha value is -0.780. The predicted molar refractivity (Wildman–Crippen MR) is 94.5 cm³/mol. The van der Waals surface area contributed by atoms with Gasteiger partial charge >= 0.3 is 0 Å². The Labute approximate surface area is 139 Å². The largest absolute Gasteiger partial charge is 0.334 e. The van der Waals surface area contributed by atoms with Gasteiger partial charge < -0.3 is 5.32 Å². The third kappa shape index (κ3) is 3.27. The van der Waals surface area contributed by atoms with Crippen LogP contribution in [0.5, 0.6) is 0 Å². The molecule has 0 amide bonds. The van der Waals surface area contributed by atoms with Gasteiger partial charge in [0.05, 0.1) is 17.5 Å². The van der Waals surface area contributed by atoms with Crippen LogP contribution in [-0.4, -0.2) is 11.7 Å². The van der Waals surface area contributed by atoms with Crippen LogP contribution in [0.2, 0.25) is 0 Å². The normalized spacial score (nSPS) is 17.9. The molecule has 1 atom stereocenters. The summed E-state index contributed by atoms with van der Waals surface area (Å²) in [4.78, 5) is 4.59. The molecule has 0 saturated heterocycles. The summed E-state index contributed by atoms with van der Waals surface area (Å²) in [6, 6.07) is 16.6. The summed E-state index contributed by atoms with van der Waals surface area (Å²) in [6.07, 6.45) is 0. The number of hydrogen-bond acceptors (Lipinski definition) is 3. The zero-order valence-electron chi connectivity index (χ0n) is 10.5. The van der Waals surface area contributed by atoms with E-state index in [4.69, 9.17) is 0 Å². The third-order valence-electron chi connectivity index (χ3n) is 3.00. The van der Waals surface area contributed by atoms with Gasteiger partial charge in [-0.15, -0.1) is 0 Å². The number of anilines is 1. The van der Waals surface area contributed by atoms with Crippen LogP contribution in [0.15, 0.2) is 62.5 Å². The number of aliphatic imine (C=N–C) groups is 1. The van der Waals surface area contributed by atoms with Crippen LogP contribution in [0.3, 0.4) is 0 Å². The second-order valence-corrected chi connectivity index (χ2v) is 7.37. The van der Waals surface area contributed by atoms with Crippen molar-refractivity contribution in [2.45, 2.75) is 5.25 Å². The van der Waals surface area contributed by atoms with Gasteiger partial charge in [0.15, 0.2) is 5.17 Å². The minimum atomic E-state index is 0.410. The Morgan fingerprint density at radius 2 is 1.90 bits per heavy atom. The van der Waals surface area contributed by atoms with E-state index >= 15 is 0 Å². The van der Waals surface area contributed by atoms with E-state index in [1.54, 1.807) is 11.8 Å². The van der Waals surface area contributed by atoms with Crippen LogP contribution in [-0.2, 0) is 0 Å². The molecule has 2 aromatic rings. The van der Waals surface area contributed by atoms with E-state index in [0.29, 0.717) is 5.25 Å². The highest BCUT2D eigenvalue weighted by Crippen LogP contribution is 2.36. The standard InChI is InChI=1S/C15H12Br2N2S/c16-11-6-7-13(12(17)8-11)19-15-18-9-14(20-15)10-4-2-1-3-5-10/h1-8,14H,9H2,(H,18,19). The van der Waals surface area contributed by atoms with E-state index < -0.39 is 0 Å². The average molecular weight is 412 g/mol. The minimum absolute atomic E-state index is 0.410. The van der Waals surface area contributed by atoms with Crippen molar-refractivity contribution in [3.8, 4) is 0 Å². The molecular formula is C15H12Br2N2S. The highest BCUT2D eigenvalue weighted by atomic mass is 79.9. The fraction of sp³-hybridized carbons (Fsp3) is 0.133. The lowest BCUT2D eigenvalue weighted by Crippen LogP contribution is -2.05. The van der Waals surface area contributed by atoms with E-state index in [-0.39, 0.29) is 0 Å². The molecule has 0 spiro atoms. The summed E-state index contributed by atoms with van der Waals surface area (Å²) in [5.74, 6) is 0. The van der Waals surface area contributed by atoms with Crippen molar-refractivity contribution < 1.29 is 0 Å². The van der Waals surface area contributed by atoms with E-state index in [1.807, 2.05) is 24.3 Å². The van der Waals surface area contributed by atoms with Gasteiger partial charge in [-0.25, -0.2) is 0 Å². The van der Waals surface area contributed by atoms with Crippen molar-refractivity contribution in [2.24, 2.45) is 4.99 Å². The molecule has 0 saturated carbocycles. The number of benzene rings is 2. The fourth-order valence-corrected chi connectivity index (χ4v) is 4.17. The molecule has 0 aliphatic carbocycles.